The lowest BCUT2D eigenvalue weighted by Crippen LogP contribution is -2.22. The lowest BCUT2D eigenvalue weighted by molar-refractivity contribution is -0.125. The van der Waals surface area contributed by atoms with Crippen molar-refractivity contribution in [2.24, 2.45) is 0 Å². The van der Waals surface area contributed by atoms with Crippen molar-refractivity contribution >= 4 is 23.4 Å². The summed E-state index contributed by atoms with van der Waals surface area (Å²) in [6.45, 7) is 0.387. The predicted octanol–water partition coefficient (Wildman–Crippen LogP) is 1.18. The minimum absolute atomic E-state index is 0.349. The lowest BCUT2D eigenvalue weighted by atomic mass is 9.93. The van der Waals surface area contributed by atoms with Gasteiger partial charge in [-0.3, -0.25) is 14.9 Å². The van der Waals surface area contributed by atoms with Crippen LogP contribution in [-0.4, -0.2) is 24.3 Å². The molecule has 0 aromatic heterocycles. The van der Waals surface area contributed by atoms with Crippen LogP contribution in [0.15, 0.2) is 24.3 Å². The smallest absolute Gasteiger partial charge is 0.245 e. The number of hydrogen-bond acceptors (Lipinski definition) is 3. The number of imide groups is 1. The van der Waals surface area contributed by atoms with E-state index < -0.39 is 17.2 Å². The molecule has 1 heterocycles. The van der Waals surface area contributed by atoms with Gasteiger partial charge in [-0.15, -0.1) is 11.6 Å². The number of benzene rings is 1. The van der Waals surface area contributed by atoms with Gasteiger partial charge >= 0.3 is 0 Å². The van der Waals surface area contributed by atoms with Crippen LogP contribution in [-0.2, 0) is 20.9 Å². The molecule has 2 rings (SSSR count). The fourth-order valence-electron chi connectivity index (χ4n) is 1.98. The Morgan fingerprint density at radius 1 is 1.29 bits per heavy atom. The molecule has 0 bridgehead atoms. The van der Waals surface area contributed by atoms with E-state index >= 15 is 0 Å². The third-order valence-corrected chi connectivity index (χ3v) is 3.21. The van der Waals surface area contributed by atoms with Crippen molar-refractivity contribution < 1.29 is 14.3 Å². The van der Waals surface area contributed by atoms with E-state index in [-0.39, 0.29) is 5.91 Å². The Morgan fingerprint density at radius 3 is 2.59 bits per heavy atom. The number of alkyl halides is 1. The van der Waals surface area contributed by atoms with Crippen LogP contribution in [0.3, 0.4) is 0 Å². The maximum absolute atomic E-state index is 11.7. The van der Waals surface area contributed by atoms with Crippen LogP contribution in [0.4, 0.5) is 0 Å². The molecule has 1 saturated heterocycles. The van der Waals surface area contributed by atoms with Gasteiger partial charge in [0.05, 0.1) is 12.5 Å². The minimum Gasteiger partial charge on any atom is -0.380 e. The van der Waals surface area contributed by atoms with E-state index in [2.05, 4.69) is 5.32 Å². The molecule has 2 amide bonds. The van der Waals surface area contributed by atoms with E-state index in [1.807, 2.05) is 18.2 Å². The van der Waals surface area contributed by atoms with Gasteiger partial charge in [-0.25, -0.2) is 0 Å². The number of amides is 2. The number of carbonyl (C=O) groups is 2. The summed E-state index contributed by atoms with van der Waals surface area (Å²) in [6.07, 6.45) is 0. The molecule has 2 unspecified atom stereocenters. The monoisotopic (exact) mass is 253 g/mol. The van der Waals surface area contributed by atoms with Gasteiger partial charge < -0.3 is 4.74 Å². The zero-order chi connectivity index (χ0) is 12.4. The van der Waals surface area contributed by atoms with Gasteiger partial charge in [0.15, 0.2) is 0 Å². The van der Waals surface area contributed by atoms with E-state index in [9.17, 15) is 9.59 Å². The molecule has 17 heavy (non-hydrogen) atoms. The quantitative estimate of drug-likeness (QED) is 0.650. The largest absolute Gasteiger partial charge is 0.380 e. The average Bonchev–Trinajstić information content (AvgIpc) is 2.55. The normalized spacial score (nSPS) is 23.9. The first-order valence-electron chi connectivity index (χ1n) is 5.20. The Labute approximate surface area is 104 Å². The van der Waals surface area contributed by atoms with Gasteiger partial charge in [-0.05, 0) is 11.1 Å². The fourth-order valence-corrected chi connectivity index (χ4v) is 2.28. The van der Waals surface area contributed by atoms with Crippen LogP contribution in [0.1, 0.15) is 17.0 Å². The summed E-state index contributed by atoms with van der Waals surface area (Å²) in [4.78, 5) is 23.0. The molecule has 1 aromatic carbocycles. The Hall–Kier alpha value is -1.39. The number of nitrogens with one attached hydrogen (secondary N) is 1. The van der Waals surface area contributed by atoms with Gasteiger partial charge in [0.2, 0.25) is 11.8 Å². The van der Waals surface area contributed by atoms with Crippen LogP contribution >= 0.6 is 11.6 Å². The number of rotatable bonds is 3. The first-order valence-corrected chi connectivity index (χ1v) is 5.64. The van der Waals surface area contributed by atoms with Gasteiger partial charge in [-0.1, -0.05) is 24.3 Å². The molecule has 0 aliphatic carbocycles. The van der Waals surface area contributed by atoms with Gasteiger partial charge in [0.25, 0.3) is 0 Å². The molecule has 1 aliphatic rings. The number of carbonyl (C=O) groups excluding carboxylic acids is 2. The van der Waals surface area contributed by atoms with E-state index in [0.717, 1.165) is 11.1 Å². The summed E-state index contributed by atoms with van der Waals surface area (Å²) >= 11 is 5.96. The van der Waals surface area contributed by atoms with Gasteiger partial charge in [0.1, 0.15) is 5.38 Å². The molecule has 1 N–H and O–H groups in total. The average molecular weight is 254 g/mol. The fraction of sp³-hybridized carbons (Fsp3) is 0.333. The summed E-state index contributed by atoms with van der Waals surface area (Å²) < 4.78 is 5.07. The van der Waals surface area contributed by atoms with Crippen molar-refractivity contribution in [1.29, 1.82) is 0 Å². The maximum atomic E-state index is 11.7. The lowest BCUT2D eigenvalue weighted by Gasteiger charge is -2.14. The molecule has 4 nitrogen and oxygen atoms in total. The van der Waals surface area contributed by atoms with Crippen molar-refractivity contribution in [3.05, 3.63) is 35.4 Å². The molecule has 90 valence electrons. The van der Waals surface area contributed by atoms with Crippen molar-refractivity contribution in [2.75, 3.05) is 7.11 Å². The molecule has 0 spiro atoms. The van der Waals surface area contributed by atoms with Crippen LogP contribution in [0.5, 0.6) is 0 Å². The molecule has 2 atom stereocenters. The molecule has 1 aliphatic heterocycles. The molecule has 5 heteroatoms. The van der Waals surface area contributed by atoms with Crippen LogP contribution in [0, 0.1) is 0 Å². The first kappa shape index (κ1) is 12.1. The number of hydrogen-bond donors (Lipinski definition) is 1. The summed E-state index contributed by atoms with van der Waals surface area (Å²) in [6, 6.07) is 7.33. The Kier molecular flexibility index (Phi) is 3.45. The van der Waals surface area contributed by atoms with Crippen LogP contribution < -0.4 is 5.32 Å². The first-order chi connectivity index (χ1) is 8.15. The standard InChI is InChI=1S/C12H12ClNO3/c1-17-6-7-4-2-3-5-8(7)9-10(13)12(16)14-11(9)15/h2-5,9-10H,6H2,1H3,(H,14,15,16). The molecule has 1 aromatic rings. The maximum Gasteiger partial charge on any atom is 0.245 e. The SMILES string of the molecule is COCc1ccccc1C1C(=O)NC(=O)C1Cl. The molecular formula is C12H12ClNO3. The topological polar surface area (TPSA) is 55.4 Å². The second kappa shape index (κ2) is 4.85. The van der Waals surface area contributed by atoms with Crippen molar-refractivity contribution in [3.63, 3.8) is 0 Å². The highest BCUT2D eigenvalue weighted by atomic mass is 35.5. The van der Waals surface area contributed by atoms with Crippen molar-refractivity contribution in [2.45, 2.75) is 17.9 Å². The molecule has 1 fully saturated rings. The predicted molar refractivity (Wildman–Crippen MR) is 62.7 cm³/mol. The number of halogens is 1. The van der Waals surface area contributed by atoms with E-state index in [4.69, 9.17) is 16.3 Å². The van der Waals surface area contributed by atoms with E-state index in [1.54, 1.807) is 13.2 Å². The third-order valence-electron chi connectivity index (χ3n) is 2.76. The minimum atomic E-state index is -0.847. The molecule has 0 saturated carbocycles. The third kappa shape index (κ3) is 2.18. The highest BCUT2D eigenvalue weighted by Crippen LogP contribution is 2.31. The van der Waals surface area contributed by atoms with E-state index in [1.165, 1.54) is 0 Å². The molecular weight excluding hydrogens is 242 g/mol. The zero-order valence-corrected chi connectivity index (χ0v) is 10.0. The van der Waals surface area contributed by atoms with Crippen LogP contribution in [0.25, 0.3) is 0 Å². The van der Waals surface area contributed by atoms with Crippen LogP contribution in [0.2, 0.25) is 0 Å². The zero-order valence-electron chi connectivity index (χ0n) is 9.27. The number of ether oxygens (including phenoxy) is 1. The second-order valence-corrected chi connectivity index (χ2v) is 4.33. The Morgan fingerprint density at radius 2 is 2.00 bits per heavy atom. The van der Waals surface area contributed by atoms with Gasteiger partial charge in [-0.2, -0.15) is 0 Å². The van der Waals surface area contributed by atoms with Crippen molar-refractivity contribution in [1.82, 2.24) is 5.32 Å². The second-order valence-electron chi connectivity index (χ2n) is 3.86. The van der Waals surface area contributed by atoms with E-state index in [0.29, 0.717) is 6.61 Å². The summed E-state index contributed by atoms with van der Waals surface area (Å²) in [5.74, 6) is -1.41. The van der Waals surface area contributed by atoms with Gasteiger partial charge in [0, 0.05) is 7.11 Å². The highest BCUT2D eigenvalue weighted by molar-refractivity contribution is 6.37. The highest BCUT2D eigenvalue weighted by Gasteiger charge is 2.42. The summed E-state index contributed by atoms with van der Waals surface area (Å²) in [5, 5.41) is 1.39. The number of methoxy groups -OCH3 is 1. The summed E-state index contributed by atoms with van der Waals surface area (Å²) in [5.41, 5.74) is 1.62. The Balaban J connectivity index is 2.39. The summed E-state index contributed by atoms with van der Waals surface area (Å²) in [7, 11) is 1.58. The molecule has 0 radical (unpaired) electrons. The Bertz CT molecular complexity index is 461. The van der Waals surface area contributed by atoms with Crippen molar-refractivity contribution in [3.8, 4) is 0 Å².